The first-order valence-electron chi connectivity index (χ1n) is 9.28. The first-order chi connectivity index (χ1) is 14.3. The number of methoxy groups -OCH3 is 1. The first kappa shape index (κ1) is 19.3. The zero-order valence-corrected chi connectivity index (χ0v) is 16.7. The number of carbonyl (C=O) groups is 2. The number of rotatable bonds is 3. The summed E-state index contributed by atoms with van der Waals surface area (Å²) < 4.78 is 6.70. The molecule has 0 bridgehead atoms. The lowest BCUT2D eigenvalue weighted by Crippen LogP contribution is -2.49. The highest BCUT2D eigenvalue weighted by Gasteiger charge is 2.46. The van der Waals surface area contributed by atoms with Gasteiger partial charge in [-0.25, -0.2) is 4.79 Å². The fourth-order valence-electron chi connectivity index (χ4n) is 3.45. The van der Waals surface area contributed by atoms with E-state index in [4.69, 9.17) is 4.74 Å². The number of pyridine rings is 1. The number of aromatic hydroxyl groups is 1. The number of carbonyl (C=O) groups excluding carboxylic acids is 2. The molecule has 3 N–H and O–H groups in total. The Morgan fingerprint density at radius 1 is 1.23 bits per heavy atom. The van der Waals surface area contributed by atoms with Crippen LogP contribution in [0.3, 0.4) is 0 Å². The van der Waals surface area contributed by atoms with Gasteiger partial charge in [0.05, 0.1) is 19.3 Å². The van der Waals surface area contributed by atoms with Crippen LogP contribution in [0.25, 0.3) is 10.8 Å². The molecule has 0 saturated carbocycles. The maximum atomic E-state index is 12.7. The Kier molecular flexibility index (Phi) is 4.59. The van der Waals surface area contributed by atoms with Gasteiger partial charge in [-0.2, -0.15) is 0 Å². The number of ether oxygens (including phenoxy) is 1. The second-order valence-corrected chi connectivity index (χ2v) is 7.18. The van der Waals surface area contributed by atoms with Crippen molar-refractivity contribution >= 4 is 22.7 Å². The molecule has 3 amide bonds. The van der Waals surface area contributed by atoms with E-state index < -0.39 is 17.5 Å². The number of amides is 3. The van der Waals surface area contributed by atoms with Crippen LogP contribution in [0.2, 0.25) is 0 Å². The van der Waals surface area contributed by atoms with Crippen LogP contribution in [0.4, 0.5) is 4.79 Å². The third-order valence-corrected chi connectivity index (χ3v) is 5.05. The summed E-state index contributed by atoms with van der Waals surface area (Å²) in [7, 11) is 1.54. The number of hydrogen-bond acceptors (Lipinski definition) is 5. The summed E-state index contributed by atoms with van der Waals surface area (Å²) >= 11 is 0. The van der Waals surface area contributed by atoms with E-state index in [1.807, 2.05) is 26.0 Å². The Morgan fingerprint density at radius 2 is 2.03 bits per heavy atom. The Bertz CT molecular complexity index is 1250. The van der Waals surface area contributed by atoms with E-state index in [-0.39, 0.29) is 12.4 Å². The van der Waals surface area contributed by atoms with Gasteiger partial charge >= 0.3 is 6.03 Å². The van der Waals surface area contributed by atoms with Crippen LogP contribution in [0.5, 0.6) is 11.6 Å². The number of imide groups is 1. The van der Waals surface area contributed by atoms with Crippen molar-refractivity contribution in [1.82, 2.24) is 20.2 Å². The van der Waals surface area contributed by atoms with E-state index in [1.54, 1.807) is 31.5 Å². The van der Waals surface area contributed by atoms with Gasteiger partial charge in [0.25, 0.3) is 5.91 Å². The molecule has 0 aliphatic carbocycles. The van der Waals surface area contributed by atoms with Crippen molar-refractivity contribution in [3.05, 3.63) is 53.5 Å². The fraction of sp³-hybridized carbons (Fsp3) is 0.227. The molecule has 0 spiro atoms. The van der Waals surface area contributed by atoms with E-state index in [0.717, 1.165) is 16.8 Å². The molecule has 3 aromatic rings. The molecule has 8 nitrogen and oxygen atoms in total. The van der Waals surface area contributed by atoms with Crippen LogP contribution in [-0.4, -0.2) is 39.2 Å². The monoisotopic (exact) mass is 404 g/mol. The lowest BCUT2D eigenvalue weighted by Gasteiger charge is -2.20. The molecule has 3 heterocycles. The zero-order valence-electron chi connectivity index (χ0n) is 16.7. The van der Waals surface area contributed by atoms with Gasteiger partial charge in [0.1, 0.15) is 5.75 Å². The molecular formula is C22H20N4O4. The number of nitrogens with zero attached hydrogens (tertiary/aromatic N) is 2. The van der Waals surface area contributed by atoms with E-state index >= 15 is 0 Å². The molecule has 1 fully saturated rings. The summed E-state index contributed by atoms with van der Waals surface area (Å²) in [5.41, 5.74) is 0.703. The molecular weight excluding hydrogens is 384 g/mol. The van der Waals surface area contributed by atoms with Gasteiger partial charge in [0, 0.05) is 28.2 Å². The Morgan fingerprint density at radius 3 is 2.70 bits per heavy atom. The van der Waals surface area contributed by atoms with E-state index in [1.165, 1.54) is 4.57 Å². The number of aryl methyl sites for hydroxylation is 2. The SMILES string of the molecule is COc1ccc2cn(C[C@@]3(C#Cc4ccc(C)nc4C)NC(=O)NC3=O)c(O)c2c1. The van der Waals surface area contributed by atoms with Gasteiger partial charge in [0.2, 0.25) is 5.54 Å². The first-order valence-corrected chi connectivity index (χ1v) is 9.28. The van der Waals surface area contributed by atoms with Gasteiger partial charge in [0.15, 0.2) is 5.88 Å². The highest BCUT2D eigenvalue weighted by atomic mass is 16.5. The van der Waals surface area contributed by atoms with Crippen molar-refractivity contribution in [1.29, 1.82) is 0 Å². The number of benzene rings is 1. The van der Waals surface area contributed by atoms with Gasteiger partial charge in [-0.15, -0.1) is 0 Å². The fourth-order valence-corrected chi connectivity index (χ4v) is 3.45. The Labute approximate surface area is 172 Å². The number of nitrogens with one attached hydrogen (secondary N) is 2. The molecule has 1 aliphatic rings. The standard InChI is InChI=1S/C22H20N4O4/c1-13-4-5-15(14(2)23-13)8-9-22(20(28)24-21(29)25-22)12-26-11-16-6-7-17(30-3)10-18(16)19(26)27/h4-7,10-11,27H,12H2,1-3H3,(H2,24,25,28,29)/t22-/m1/s1. The molecule has 4 rings (SSSR count). The average Bonchev–Trinajstić information content (AvgIpc) is 3.16. The summed E-state index contributed by atoms with van der Waals surface area (Å²) in [5, 5.41) is 16.9. The number of urea groups is 1. The highest BCUT2D eigenvalue weighted by Crippen LogP contribution is 2.32. The minimum atomic E-state index is -1.54. The molecule has 1 aromatic carbocycles. The molecule has 8 heteroatoms. The predicted molar refractivity (Wildman–Crippen MR) is 110 cm³/mol. The third kappa shape index (κ3) is 3.31. The number of aromatic nitrogens is 2. The van der Waals surface area contributed by atoms with E-state index in [2.05, 4.69) is 27.5 Å². The predicted octanol–water partition coefficient (Wildman–Crippen LogP) is 2.00. The van der Waals surface area contributed by atoms with Crippen LogP contribution >= 0.6 is 0 Å². The van der Waals surface area contributed by atoms with Crippen LogP contribution in [0, 0.1) is 25.7 Å². The Balaban J connectivity index is 1.77. The number of hydrogen-bond donors (Lipinski definition) is 3. The molecule has 0 unspecified atom stereocenters. The largest absolute Gasteiger partial charge is 0.497 e. The quantitative estimate of drug-likeness (QED) is 0.457. The normalized spacial score (nSPS) is 18.0. The second kappa shape index (κ2) is 7.12. The maximum Gasteiger partial charge on any atom is 0.323 e. The molecule has 2 aromatic heterocycles. The summed E-state index contributed by atoms with van der Waals surface area (Å²) in [5.74, 6) is 5.84. The van der Waals surface area contributed by atoms with Crippen molar-refractivity contribution in [2.45, 2.75) is 25.9 Å². The minimum Gasteiger partial charge on any atom is -0.497 e. The summed E-state index contributed by atoms with van der Waals surface area (Å²) in [6.07, 6.45) is 1.70. The van der Waals surface area contributed by atoms with E-state index in [0.29, 0.717) is 16.7 Å². The van der Waals surface area contributed by atoms with Crippen molar-refractivity contribution in [3.63, 3.8) is 0 Å². The summed E-state index contributed by atoms with van der Waals surface area (Å²) in [6, 6.07) is 8.30. The summed E-state index contributed by atoms with van der Waals surface area (Å²) in [4.78, 5) is 29.0. The Hall–Kier alpha value is -3.99. The summed E-state index contributed by atoms with van der Waals surface area (Å²) in [6.45, 7) is 3.64. The van der Waals surface area contributed by atoms with Crippen molar-refractivity contribution in [2.24, 2.45) is 0 Å². The van der Waals surface area contributed by atoms with Crippen LogP contribution in [0.15, 0.2) is 36.5 Å². The molecule has 30 heavy (non-hydrogen) atoms. The lowest BCUT2D eigenvalue weighted by molar-refractivity contribution is -0.122. The van der Waals surface area contributed by atoms with Gasteiger partial charge in [-0.1, -0.05) is 11.8 Å². The highest BCUT2D eigenvalue weighted by molar-refractivity contribution is 6.09. The average molecular weight is 404 g/mol. The molecule has 1 aliphatic heterocycles. The van der Waals surface area contributed by atoms with E-state index in [9.17, 15) is 14.7 Å². The minimum absolute atomic E-state index is 0.0489. The van der Waals surface area contributed by atoms with Gasteiger partial charge < -0.3 is 19.7 Å². The molecule has 1 atom stereocenters. The topological polar surface area (TPSA) is 105 Å². The van der Waals surface area contributed by atoms with Crippen molar-refractivity contribution in [3.8, 4) is 23.5 Å². The van der Waals surface area contributed by atoms with Crippen molar-refractivity contribution in [2.75, 3.05) is 7.11 Å². The van der Waals surface area contributed by atoms with Crippen LogP contribution in [0.1, 0.15) is 17.0 Å². The number of fused-ring (bicyclic) bond motifs is 1. The van der Waals surface area contributed by atoms with Crippen LogP contribution in [-0.2, 0) is 11.3 Å². The third-order valence-electron chi connectivity index (χ3n) is 5.05. The molecule has 1 saturated heterocycles. The smallest absolute Gasteiger partial charge is 0.323 e. The zero-order chi connectivity index (χ0) is 21.5. The maximum absolute atomic E-state index is 12.7. The van der Waals surface area contributed by atoms with Crippen molar-refractivity contribution < 1.29 is 19.4 Å². The van der Waals surface area contributed by atoms with Gasteiger partial charge in [-0.3, -0.25) is 15.1 Å². The molecule has 0 radical (unpaired) electrons. The second-order valence-electron chi connectivity index (χ2n) is 7.18. The lowest BCUT2D eigenvalue weighted by atomic mass is 9.99. The van der Waals surface area contributed by atoms with Gasteiger partial charge in [-0.05, 0) is 44.2 Å². The molecule has 152 valence electrons. The van der Waals surface area contributed by atoms with Crippen LogP contribution < -0.4 is 15.4 Å².